The van der Waals surface area contributed by atoms with Crippen LogP contribution in [0.5, 0.6) is 0 Å². The summed E-state index contributed by atoms with van der Waals surface area (Å²) >= 11 is 0. The molecule has 0 saturated heterocycles. The zero-order valence-electron chi connectivity index (χ0n) is 13.8. The minimum atomic E-state index is -2.80. The lowest BCUT2D eigenvalue weighted by atomic mass is 10.1. The lowest BCUT2D eigenvalue weighted by Gasteiger charge is -2.12. The first-order valence-electron chi connectivity index (χ1n) is 7.88. The third-order valence-electron chi connectivity index (χ3n) is 3.44. The Kier molecular flexibility index (Phi) is 13.1. The maximum atomic E-state index is 11.8. The first kappa shape index (κ1) is 20.6. The Hall–Kier alpha value is -0.380. The Morgan fingerprint density at radius 2 is 1.24 bits per heavy atom. The van der Waals surface area contributed by atoms with E-state index in [1.807, 2.05) is 0 Å². The van der Waals surface area contributed by atoms with E-state index in [-0.39, 0.29) is 5.97 Å². The number of unbranched alkanes of at least 4 members (excludes halogenated alkanes) is 8. The zero-order chi connectivity index (χ0) is 16.0. The van der Waals surface area contributed by atoms with Crippen LogP contribution in [0, 0.1) is 0 Å². The molecule has 0 aliphatic rings. The number of carbonyl (C=O) groups excluding carboxylic acids is 1. The van der Waals surface area contributed by atoms with Gasteiger partial charge in [-0.3, -0.25) is 9.36 Å². The van der Waals surface area contributed by atoms with Crippen molar-refractivity contribution >= 4 is 13.6 Å². The Balaban J connectivity index is 3.23. The van der Waals surface area contributed by atoms with Gasteiger partial charge in [0.05, 0.1) is 12.8 Å². The number of hydrogen-bond donors (Lipinski definition) is 0. The molecule has 0 spiro atoms. The number of hydrogen-bond acceptors (Lipinski definition) is 5. The van der Waals surface area contributed by atoms with E-state index in [9.17, 15) is 9.36 Å². The number of esters is 1. The van der Waals surface area contributed by atoms with E-state index in [0.717, 1.165) is 25.7 Å². The molecule has 0 aromatic carbocycles. The summed E-state index contributed by atoms with van der Waals surface area (Å²) in [6, 6.07) is 0. The molecule has 0 amide bonds. The maximum absolute atomic E-state index is 11.8. The van der Waals surface area contributed by atoms with E-state index in [0.29, 0.717) is 12.8 Å². The second kappa shape index (κ2) is 13.3. The molecule has 126 valence electrons. The van der Waals surface area contributed by atoms with Crippen LogP contribution >= 0.6 is 7.60 Å². The van der Waals surface area contributed by atoms with Crippen LogP contribution in [0.4, 0.5) is 0 Å². The highest BCUT2D eigenvalue weighted by atomic mass is 31.2. The molecular weight excluding hydrogens is 291 g/mol. The molecule has 6 heteroatoms. The van der Waals surface area contributed by atoms with Crippen molar-refractivity contribution < 1.29 is 23.1 Å². The molecule has 0 aliphatic heterocycles. The second-order valence-corrected chi connectivity index (χ2v) is 7.62. The highest BCUT2D eigenvalue weighted by Crippen LogP contribution is 2.47. The van der Waals surface area contributed by atoms with Crippen molar-refractivity contribution in [2.24, 2.45) is 0 Å². The minimum Gasteiger partial charge on any atom is -0.466 e. The van der Waals surface area contributed by atoms with Gasteiger partial charge in [-0.05, 0) is 12.8 Å². The zero-order valence-corrected chi connectivity index (χ0v) is 14.7. The Labute approximate surface area is 129 Å². The van der Waals surface area contributed by atoms with E-state index in [4.69, 9.17) is 13.8 Å². The van der Waals surface area contributed by atoms with Gasteiger partial charge in [-0.25, -0.2) is 0 Å². The summed E-state index contributed by atoms with van der Waals surface area (Å²) in [5.74, 6) is -0.193. The quantitative estimate of drug-likeness (QED) is 0.267. The fourth-order valence-corrected chi connectivity index (χ4v) is 3.24. The van der Waals surface area contributed by atoms with Gasteiger partial charge in [-0.15, -0.1) is 0 Å². The number of carbonyl (C=O) groups is 1. The summed E-state index contributed by atoms with van der Waals surface area (Å²) in [5, 5.41) is 0. The van der Waals surface area contributed by atoms with Gasteiger partial charge in [0.15, 0.2) is 0 Å². The molecule has 0 aliphatic carbocycles. The van der Waals surface area contributed by atoms with E-state index in [1.54, 1.807) is 0 Å². The predicted octanol–water partition coefficient (Wildman–Crippen LogP) is 4.55. The van der Waals surface area contributed by atoms with Crippen molar-refractivity contribution in [2.75, 3.05) is 27.0 Å². The van der Waals surface area contributed by atoms with Crippen molar-refractivity contribution in [1.82, 2.24) is 0 Å². The fourth-order valence-electron chi connectivity index (χ4n) is 2.12. The molecule has 5 nitrogen and oxygen atoms in total. The van der Waals surface area contributed by atoms with Gasteiger partial charge in [0.25, 0.3) is 0 Å². The third kappa shape index (κ3) is 13.0. The van der Waals surface area contributed by atoms with Crippen LogP contribution in [-0.4, -0.2) is 33.0 Å². The van der Waals surface area contributed by atoms with Crippen molar-refractivity contribution in [1.29, 1.82) is 0 Å². The molecule has 0 fully saturated rings. The number of rotatable bonds is 14. The Morgan fingerprint density at radius 1 is 0.810 bits per heavy atom. The second-order valence-electron chi connectivity index (χ2n) is 5.22. The first-order chi connectivity index (χ1) is 10.0. The third-order valence-corrected chi connectivity index (χ3v) is 5.41. The standard InChI is InChI=1S/C15H31O5P/c1-15(16)20-13-11-9-7-5-4-6-8-10-12-14-21(17,18-2)19-3/h4-14H2,1-3H3. The van der Waals surface area contributed by atoms with Crippen LogP contribution in [0.2, 0.25) is 0 Å². The predicted molar refractivity (Wildman–Crippen MR) is 84.7 cm³/mol. The molecular formula is C15H31O5P. The molecule has 0 heterocycles. The highest BCUT2D eigenvalue weighted by molar-refractivity contribution is 7.53. The lowest BCUT2D eigenvalue weighted by molar-refractivity contribution is -0.141. The van der Waals surface area contributed by atoms with Crippen molar-refractivity contribution in [3.63, 3.8) is 0 Å². The summed E-state index contributed by atoms with van der Waals surface area (Å²) < 4.78 is 26.4. The van der Waals surface area contributed by atoms with Gasteiger partial charge >= 0.3 is 13.6 Å². The molecule has 0 saturated carbocycles. The van der Waals surface area contributed by atoms with Crippen molar-refractivity contribution in [2.45, 2.75) is 64.7 Å². The van der Waals surface area contributed by atoms with E-state index >= 15 is 0 Å². The van der Waals surface area contributed by atoms with Gasteiger partial charge in [-0.2, -0.15) is 0 Å². The summed E-state index contributed by atoms with van der Waals surface area (Å²) in [6.45, 7) is 1.99. The lowest BCUT2D eigenvalue weighted by Crippen LogP contribution is -2.00. The molecule has 0 atom stereocenters. The van der Waals surface area contributed by atoms with Gasteiger partial charge in [0.1, 0.15) is 0 Å². The Morgan fingerprint density at radius 3 is 1.67 bits per heavy atom. The van der Waals surface area contributed by atoms with Crippen molar-refractivity contribution in [3.8, 4) is 0 Å². The normalized spacial score (nSPS) is 11.6. The smallest absolute Gasteiger partial charge is 0.330 e. The summed E-state index contributed by atoms with van der Waals surface area (Å²) in [5.41, 5.74) is 0. The molecule has 0 bridgehead atoms. The van der Waals surface area contributed by atoms with E-state index < -0.39 is 7.60 Å². The molecule has 0 radical (unpaired) electrons. The summed E-state index contributed by atoms with van der Waals surface area (Å²) in [7, 11) is 0.0713. The van der Waals surface area contributed by atoms with Gasteiger partial charge in [0, 0.05) is 21.1 Å². The molecule has 0 aromatic heterocycles. The van der Waals surface area contributed by atoms with Crippen LogP contribution in [0.3, 0.4) is 0 Å². The monoisotopic (exact) mass is 322 g/mol. The topological polar surface area (TPSA) is 61.8 Å². The molecule has 0 aromatic rings. The van der Waals surface area contributed by atoms with E-state index in [2.05, 4.69) is 0 Å². The van der Waals surface area contributed by atoms with E-state index in [1.165, 1.54) is 53.2 Å². The van der Waals surface area contributed by atoms with Gasteiger partial charge < -0.3 is 13.8 Å². The minimum absolute atomic E-state index is 0.193. The van der Waals surface area contributed by atoms with Crippen LogP contribution in [-0.2, 0) is 23.1 Å². The summed E-state index contributed by atoms with van der Waals surface area (Å²) in [4.78, 5) is 10.5. The summed E-state index contributed by atoms with van der Waals surface area (Å²) in [6.07, 6.45) is 10.6. The van der Waals surface area contributed by atoms with Crippen LogP contribution in [0.25, 0.3) is 0 Å². The Bertz CT molecular complexity index is 298. The van der Waals surface area contributed by atoms with Crippen molar-refractivity contribution in [3.05, 3.63) is 0 Å². The largest absolute Gasteiger partial charge is 0.466 e. The van der Waals surface area contributed by atoms with Gasteiger partial charge in [0.2, 0.25) is 0 Å². The van der Waals surface area contributed by atoms with Gasteiger partial charge in [-0.1, -0.05) is 44.9 Å². The SMILES string of the molecule is COP(=O)(CCCCCCCCCCCOC(C)=O)OC. The average Bonchev–Trinajstić information content (AvgIpc) is 2.47. The van der Waals surface area contributed by atoms with Crippen LogP contribution < -0.4 is 0 Å². The molecule has 0 rings (SSSR count). The van der Waals surface area contributed by atoms with Crippen LogP contribution in [0.1, 0.15) is 64.7 Å². The molecule has 21 heavy (non-hydrogen) atoms. The first-order valence-corrected chi connectivity index (χ1v) is 9.61. The molecule has 0 N–H and O–H groups in total. The number of ether oxygens (including phenoxy) is 1. The highest BCUT2D eigenvalue weighted by Gasteiger charge is 2.19. The van der Waals surface area contributed by atoms with Crippen LogP contribution in [0.15, 0.2) is 0 Å². The average molecular weight is 322 g/mol. The molecule has 0 unspecified atom stereocenters. The maximum Gasteiger partial charge on any atom is 0.330 e. The fraction of sp³-hybridized carbons (Fsp3) is 0.933.